The molecular formula is C10H13N3O3S2. The molecule has 0 saturated carbocycles. The van der Waals surface area contributed by atoms with Crippen LogP contribution in [0.3, 0.4) is 0 Å². The molecule has 0 bridgehead atoms. The van der Waals surface area contributed by atoms with E-state index in [0.717, 1.165) is 4.88 Å². The predicted octanol–water partition coefficient (Wildman–Crippen LogP) is 0.493. The van der Waals surface area contributed by atoms with Crippen LogP contribution in [-0.4, -0.2) is 29.8 Å². The van der Waals surface area contributed by atoms with Gasteiger partial charge in [0.2, 0.25) is 10.0 Å². The summed E-state index contributed by atoms with van der Waals surface area (Å²) in [5, 5.41) is 15.4. The number of nitrogens with one attached hydrogen (secondary N) is 1. The van der Waals surface area contributed by atoms with Gasteiger partial charge in [0, 0.05) is 24.7 Å². The van der Waals surface area contributed by atoms with Crippen molar-refractivity contribution >= 4 is 21.4 Å². The maximum atomic E-state index is 11.8. The van der Waals surface area contributed by atoms with Crippen molar-refractivity contribution in [3.05, 3.63) is 34.8 Å². The Labute approximate surface area is 109 Å². The van der Waals surface area contributed by atoms with Crippen LogP contribution < -0.4 is 4.72 Å². The smallest absolute Gasteiger partial charge is 0.243 e. The van der Waals surface area contributed by atoms with E-state index in [1.807, 2.05) is 5.38 Å². The Morgan fingerprint density at radius 2 is 2.39 bits per heavy atom. The number of aliphatic hydroxyl groups is 1. The highest BCUT2D eigenvalue weighted by Gasteiger charge is 2.18. The number of aromatic nitrogens is 2. The van der Waals surface area contributed by atoms with Gasteiger partial charge < -0.3 is 5.11 Å². The van der Waals surface area contributed by atoms with Gasteiger partial charge in [-0.15, -0.1) is 11.3 Å². The molecule has 18 heavy (non-hydrogen) atoms. The number of aryl methyl sites for hydroxylation is 1. The molecule has 0 saturated heterocycles. The number of nitrogens with zero attached hydrogens (tertiary/aromatic N) is 2. The van der Waals surface area contributed by atoms with E-state index in [-0.39, 0.29) is 11.4 Å². The minimum Gasteiger partial charge on any atom is -0.386 e. The number of thiophene rings is 1. The SMILES string of the molecule is Cn1cc(S(=O)(=O)NCC(O)c2cccs2)cn1. The summed E-state index contributed by atoms with van der Waals surface area (Å²) in [5.74, 6) is 0. The summed E-state index contributed by atoms with van der Waals surface area (Å²) < 4.78 is 27.5. The summed E-state index contributed by atoms with van der Waals surface area (Å²) in [6, 6.07) is 3.56. The van der Waals surface area contributed by atoms with E-state index in [2.05, 4.69) is 9.82 Å². The third kappa shape index (κ3) is 2.96. The van der Waals surface area contributed by atoms with Crippen LogP contribution in [0.1, 0.15) is 11.0 Å². The van der Waals surface area contributed by atoms with Gasteiger partial charge in [0.1, 0.15) is 11.0 Å². The summed E-state index contributed by atoms with van der Waals surface area (Å²) in [7, 11) is -1.98. The molecule has 2 aromatic heterocycles. The minimum atomic E-state index is -3.61. The largest absolute Gasteiger partial charge is 0.386 e. The Morgan fingerprint density at radius 1 is 1.61 bits per heavy atom. The van der Waals surface area contributed by atoms with Crippen molar-refractivity contribution in [2.45, 2.75) is 11.0 Å². The summed E-state index contributed by atoms with van der Waals surface area (Å²) in [6.45, 7) is -0.0578. The third-order valence-electron chi connectivity index (χ3n) is 2.33. The summed E-state index contributed by atoms with van der Waals surface area (Å²) in [6.07, 6.45) is 1.83. The van der Waals surface area contributed by atoms with Crippen LogP contribution in [0, 0.1) is 0 Å². The van der Waals surface area contributed by atoms with Crippen molar-refractivity contribution in [3.63, 3.8) is 0 Å². The molecule has 0 aliphatic rings. The van der Waals surface area contributed by atoms with E-state index in [0.29, 0.717) is 0 Å². The van der Waals surface area contributed by atoms with E-state index < -0.39 is 16.1 Å². The quantitative estimate of drug-likeness (QED) is 0.838. The highest BCUT2D eigenvalue weighted by Crippen LogP contribution is 2.18. The van der Waals surface area contributed by atoms with Gasteiger partial charge in [-0.05, 0) is 11.4 Å². The molecule has 0 aromatic carbocycles. The zero-order valence-corrected chi connectivity index (χ0v) is 11.3. The second-order valence-corrected chi connectivity index (χ2v) is 6.48. The Hall–Kier alpha value is -1.22. The molecule has 1 unspecified atom stereocenters. The maximum absolute atomic E-state index is 11.8. The Bertz CT molecular complexity index is 604. The number of hydrogen-bond donors (Lipinski definition) is 2. The Kier molecular flexibility index (Phi) is 3.81. The van der Waals surface area contributed by atoms with Crippen LogP contribution in [0.5, 0.6) is 0 Å². The van der Waals surface area contributed by atoms with Gasteiger partial charge in [0.05, 0.1) is 6.20 Å². The van der Waals surface area contributed by atoms with E-state index in [1.165, 1.54) is 28.4 Å². The molecule has 0 fully saturated rings. The summed E-state index contributed by atoms with van der Waals surface area (Å²) in [4.78, 5) is 0.812. The molecule has 0 spiro atoms. The van der Waals surface area contributed by atoms with Crippen LogP contribution in [-0.2, 0) is 17.1 Å². The standard InChI is InChI=1S/C10H13N3O3S2/c1-13-7-8(5-11-13)18(15,16)12-6-9(14)10-3-2-4-17-10/h2-5,7,9,12,14H,6H2,1H3. The molecule has 0 aliphatic carbocycles. The first kappa shape index (κ1) is 13.2. The van der Waals surface area contributed by atoms with Crippen LogP contribution in [0.15, 0.2) is 34.8 Å². The fraction of sp³-hybridized carbons (Fsp3) is 0.300. The van der Waals surface area contributed by atoms with Crippen molar-refractivity contribution in [1.29, 1.82) is 0 Å². The first-order chi connectivity index (χ1) is 8.49. The molecule has 2 heterocycles. The lowest BCUT2D eigenvalue weighted by molar-refractivity contribution is 0.186. The van der Waals surface area contributed by atoms with Crippen molar-refractivity contribution in [2.24, 2.45) is 7.05 Å². The first-order valence-corrected chi connectivity index (χ1v) is 7.55. The predicted molar refractivity (Wildman–Crippen MR) is 67.7 cm³/mol. The van der Waals surface area contributed by atoms with Crippen molar-refractivity contribution < 1.29 is 13.5 Å². The molecule has 2 aromatic rings. The van der Waals surface area contributed by atoms with Crippen LogP contribution >= 0.6 is 11.3 Å². The number of aliphatic hydroxyl groups excluding tert-OH is 1. The van der Waals surface area contributed by atoms with E-state index in [4.69, 9.17) is 0 Å². The number of rotatable bonds is 5. The van der Waals surface area contributed by atoms with Gasteiger partial charge in [-0.1, -0.05) is 6.07 Å². The molecule has 0 radical (unpaired) electrons. The second kappa shape index (κ2) is 5.19. The number of hydrogen-bond acceptors (Lipinski definition) is 5. The Balaban J connectivity index is 2.02. The van der Waals surface area contributed by atoms with E-state index in [9.17, 15) is 13.5 Å². The lowest BCUT2D eigenvalue weighted by Gasteiger charge is -2.09. The van der Waals surface area contributed by atoms with Gasteiger partial charge in [-0.25, -0.2) is 13.1 Å². The van der Waals surface area contributed by atoms with Crippen molar-refractivity contribution in [1.82, 2.24) is 14.5 Å². The normalized spacial score (nSPS) is 13.7. The highest BCUT2D eigenvalue weighted by atomic mass is 32.2. The van der Waals surface area contributed by atoms with Gasteiger partial charge >= 0.3 is 0 Å². The lowest BCUT2D eigenvalue weighted by Crippen LogP contribution is -2.28. The highest BCUT2D eigenvalue weighted by molar-refractivity contribution is 7.89. The second-order valence-electron chi connectivity index (χ2n) is 3.73. The summed E-state index contributed by atoms with van der Waals surface area (Å²) in [5.41, 5.74) is 0. The molecule has 0 amide bonds. The minimum absolute atomic E-state index is 0.0578. The average Bonchev–Trinajstić information content (AvgIpc) is 2.96. The number of sulfonamides is 1. The topological polar surface area (TPSA) is 84.2 Å². The van der Waals surface area contributed by atoms with Gasteiger partial charge in [0.25, 0.3) is 0 Å². The molecule has 8 heteroatoms. The van der Waals surface area contributed by atoms with Gasteiger partial charge in [0.15, 0.2) is 0 Å². The van der Waals surface area contributed by atoms with Crippen LogP contribution in [0.4, 0.5) is 0 Å². The van der Waals surface area contributed by atoms with Gasteiger partial charge in [-0.2, -0.15) is 5.10 Å². The van der Waals surface area contributed by atoms with E-state index >= 15 is 0 Å². The lowest BCUT2D eigenvalue weighted by atomic mass is 10.3. The molecule has 98 valence electrons. The molecular weight excluding hydrogens is 274 g/mol. The monoisotopic (exact) mass is 287 g/mol. The van der Waals surface area contributed by atoms with Crippen molar-refractivity contribution in [2.75, 3.05) is 6.54 Å². The molecule has 0 aliphatic heterocycles. The fourth-order valence-corrected chi connectivity index (χ4v) is 3.12. The molecule has 2 rings (SSSR count). The zero-order valence-electron chi connectivity index (χ0n) is 9.65. The molecule has 2 N–H and O–H groups in total. The maximum Gasteiger partial charge on any atom is 0.243 e. The van der Waals surface area contributed by atoms with Gasteiger partial charge in [-0.3, -0.25) is 4.68 Å². The molecule has 6 nitrogen and oxygen atoms in total. The zero-order chi connectivity index (χ0) is 13.2. The fourth-order valence-electron chi connectivity index (χ4n) is 1.39. The third-order valence-corrected chi connectivity index (χ3v) is 4.68. The molecule has 1 atom stereocenters. The Morgan fingerprint density at radius 3 is 2.94 bits per heavy atom. The van der Waals surface area contributed by atoms with E-state index in [1.54, 1.807) is 19.2 Å². The van der Waals surface area contributed by atoms with Crippen LogP contribution in [0.25, 0.3) is 0 Å². The van der Waals surface area contributed by atoms with Crippen LogP contribution in [0.2, 0.25) is 0 Å². The van der Waals surface area contributed by atoms with Crippen molar-refractivity contribution in [3.8, 4) is 0 Å². The average molecular weight is 287 g/mol. The first-order valence-electron chi connectivity index (χ1n) is 5.19. The summed E-state index contributed by atoms with van der Waals surface area (Å²) >= 11 is 1.38.